The minimum atomic E-state index is -0.861. The molecule has 3 aromatic carbocycles. The summed E-state index contributed by atoms with van der Waals surface area (Å²) in [5.41, 5.74) is 1.07. The molecule has 3 aromatic rings. The molecular weight excluding hydrogens is 522 g/mol. The van der Waals surface area contributed by atoms with Crippen molar-refractivity contribution in [3.05, 3.63) is 83.9 Å². The van der Waals surface area contributed by atoms with Crippen molar-refractivity contribution in [2.24, 2.45) is 0 Å². The van der Waals surface area contributed by atoms with Crippen molar-refractivity contribution in [2.75, 3.05) is 0 Å². The van der Waals surface area contributed by atoms with E-state index in [9.17, 15) is 19.2 Å². The van der Waals surface area contributed by atoms with E-state index in [0.29, 0.717) is 6.54 Å². The van der Waals surface area contributed by atoms with Crippen LogP contribution in [0.5, 0.6) is 0 Å². The molecule has 0 spiro atoms. The minimum Gasteiger partial charge on any atom is -0.461 e. The quantitative estimate of drug-likeness (QED) is 0.274. The molecular formula is C32H39N3O6. The number of hydrogen-bond acceptors (Lipinski definition) is 6. The van der Waals surface area contributed by atoms with Crippen molar-refractivity contribution in [3.8, 4) is 0 Å². The van der Waals surface area contributed by atoms with E-state index in [-0.39, 0.29) is 31.8 Å². The molecule has 2 atom stereocenters. The average Bonchev–Trinajstić information content (AvgIpc) is 2.90. The second-order valence-corrected chi connectivity index (χ2v) is 11.0. The van der Waals surface area contributed by atoms with Crippen molar-refractivity contribution < 1.29 is 28.7 Å². The maximum Gasteiger partial charge on any atom is 0.407 e. The number of carbonyl (C=O) groups excluding carboxylic acids is 4. The summed E-state index contributed by atoms with van der Waals surface area (Å²) in [5.74, 6) is -1.20. The van der Waals surface area contributed by atoms with Crippen LogP contribution in [0.3, 0.4) is 0 Å². The van der Waals surface area contributed by atoms with E-state index >= 15 is 0 Å². The first-order valence-corrected chi connectivity index (χ1v) is 13.7. The normalized spacial score (nSPS) is 12.6. The molecule has 0 radical (unpaired) electrons. The molecule has 0 fully saturated rings. The van der Waals surface area contributed by atoms with Crippen molar-refractivity contribution in [1.82, 2.24) is 16.0 Å². The van der Waals surface area contributed by atoms with Gasteiger partial charge < -0.3 is 25.4 Å². The zero-order valence-corrected chi connectivity index (χ0v) is 24.1. The Bertz CT molecular complexity index is 1330. The standard InChI is InChI=1S/C32H39N3O6/c1-22(17-28(36)33-20-25-15-10-14-24-13-8-9-16-27(24)25)34-29(37)18-26(35-31(39)41-32(2,3)4)19-30(38)40-21-23-11-6-5-7-12-23/h5-16,22,26H,17-21H2,1-4H3,(H,33,36)(H,34,37)(H,35,39). The first kappa shape index (κ1) is 31.1. The number of fused-ring (bicyclic) bond motifs is 1. The summed E-state index contributed by atoms with van der Waals surface area (Å²) < 4.78 is 10.6. The maximum absolute atomic E-state index is 12.8. The molecule has 0 aliphatic heterocycles. The minimum absolute atomic E-state index is 0.0692. The number of hydrogen-bond donors (Lipinski definition) is 3. The van der Waals surface area contributed by atoms with E-state index < -0.39 is 35.7 Å². The highest BCUT2D eigenvalue weighted by Crippen LogP contribution is 2.18. The Labute approximate surface area is 241 Å². The van der Waals surface area contributed by atoms with Gasteiger partial charge in [0.15, 0.2) is 0 Å². The zero-order chi connectivity index (χ0) is 29.8. The lowest BCUT2D eigenvalue weighted by Crippen LogP contribution is -2.44. The fourth-order valence-electron chi connectivity index (χ4n) is 4.25. The lowest BCUT2D eigenvalue weighted by Gasteiger charge is -2.23. The first-order chi connectivity index (χ1) is 19.5. The molecule has 0 saturated heterocycles. The van der Waals surface area contributed by atoms with Crippen LogP contribution in [0.15, 0.2) is 72.8 Å². The van der Waals surface area contributed by atoms with Crippen molar-refractivity contribution in [3.63, 3.8) is 0 Å². The average molecular weight is 562 g/mol. The topological polar surface area (TPSA) is 123 Å². The van der Waals surface area contributed by atoms with Crippen LogP contribution in [-0.2, 0) is 37.0 Å². The Morgan fingerprint density at radius 2 is 1.46 bits per heavy atom. The molecule has 0 aliphatic carbocycles. The Hall–Kier alpha value is -4.40. The van der Waals surface area contributed by atoms with Gasteiger partial charge in [0.25, 0.3) is 0 Å². The van der Waals surface area contributed by atoms with Gasteiger partial charge in [0.2, 0.25) is 11.8 Å². The van der Waals surface area contributed by atoms with Gasteiger partial charge in [0.05, 0.1) is 12.5 Å². The van der Waals surface area contributed by atoms with Crippen LogP contribution in [0, 0.1) is 0 Å². The molecule has 3 rings (SSSR count). The molecule has 0 aromatic heterocycles. The monoisotopic (exact) mass is 561 g/mol. The Morgan fingerprint density at radius 3 is 2.20 bits per heavy atom. The first-order valence-electron chi connectivity index (χ1n) is 13.7. The largest absolute Gasteiger partial charge is 0.461 e. The Balaban J connectivity index is 1.51. The van der Waals surface area contributed by atoms with E-state index in [1.807, 2.05) is 72.8 Å². The van der Waals surface area contributed by atoms with Crippen molar-refractivity contribution in [2.45, 2.75) is 77.8 Å². The molecule has 218 valence electrons. The summed E-state index contributed by atoms with van der Waals surface area (Å²) in [4.78, 5) is 50.3. The third-order valence-corrected chi connectivity index (χ3v) is 6.06. The van der Waals surface area contributed by atoms with Crippen LogP contribution < -0.4 is 16.0 Å². The Morgan fingerprint density at radius 1 is 0.780 bits per heavy atom. The maximum atomic E-state index is 12.8. The van der Waals surface area contributed by atoms with Crippen LogP contribution in [0.1, 0.15) is 58.1 Å². The summed E-state index contributed by atoms with van der Waals surface area (Å²) >= 11 is 0. The summed E-state index contributed by atoms with van der Waals surface area (Å²) in [6.07, 6.45) is -1.09. The van der Waals surface area contributed by atoms with Gasteiger partial charge >= 0.3 is 12.1 Å². The number of rotatable bonds is 12. The highest BCUT2D eigenvalue weighted by atomic mass is 16.6. The molecule has 9 nitrogen and oxygen atoms in total. The fourth-order valence-corrected chi connectivity index (χ4v) is 4.25. The van der Waals surface area contributed by atoms with Crippen LogP contribution >= 0.6 is 0 Å². The highest BCUT2D eigenvalue weighted by molar-refractivity contribution is 5.86. The molecule has 0 bridgehead atoms. The van der Waals surface area contributed by atoms with Crippen LogP contribution in [0.2, 0.25) is 0 Å². The lowest BCUT2D eigenvalue weighted by atomic mass is 10.0. The SMILES string of the molecule is CC(CC(=O)NCc1cccc2ccccc12)NC(=O)CC(CC(=O)OCc1ccccc1)NC(=O)OC(C)(C)C. The van der Waals surface area contributed by atoms with Gasteiger partial charge in [-0.1, -0.05) is 72.8 Å². The number of ether oxygens (including phenoxy) is 2. The van der Waals surface area contributed by atoms with Gasteiger partial charge in [-0.25, -0.2) is 4.79 Å². The van der Waals surface area contributed by atoms with Gasteiger partial charge in [-0.2, -0.15) is 0 Å². The summed E-state index contributed by atoms with van der Waals surface area (Å²) in [5, 5.41) is 10.5. The summed E-state index contributed by atoms with van der Waals surface area (Å²) in [7, 11) is 0. The number of nitrogens with one attached hydrogen (secondary N) is 3. The van der Waals surface area contributed by atoms with E-state index in [2.05, 4.69) is 16.0 Å². The van der Waals surface area contributed by atoms with E-state index in [0.717, 1.165) is 21.9 Å². The lowest BCUT2D eigenvalue weighted by molar-refractivity contribution is -0.145. The third-order valence-electron chi connectivity index (χ3n) is 6.06. The molecule has 0 heterocycles. The predicted molar refractivity (Wildman–Crippen MR) is 157 cm³/mol. The molecule has 9 heteroatoms. The van der Waals surface area contributed by atoms with Crippen molar-refractivity contribution >= 4 is 34.6 Å². The van der Waals surface area contributed by atoms with E-state index in [4.69, 9.17) is 9.47 Å². The number of benzene rings is 3. The fraction of sp³-hybridized carbons (Fsp3) is 0.375. The third kappa shape index (κ3) is 11.3. The number of carbonyl (C=O) groups is 4. The predicted octanol–water partition coefficient (Wildman–Crippen LogP) is 4.77. The van der Waals surface area contributed by atoms with E-state index in [1.54, 1.807) is 27.7 Å². The zero-order valence-electron chi connectivity index (χ0n) is 24.1. The van der Waals surface area contributed by atoms with E-state index in [1.165, 1.54) is 0 Å². The van der Waals surface area contributed by atoms with Crippen LogP contribution in [0.25, 0.3) is 10.8 Å². The molecule has 0 saturated carbocycles. The molecule has 3 N–H and O–H groups in total. The van der Waals surface area contributed by atoms with Gasteiger partial charge in [0.1, 0.15) is 12.2 Å². The molecule has 0 aliphatic rings. The second kappa shape index (κ2) is 14.8. The second-order valence-electron chi connectivity index (χ2n) is 11.0. The highest BCUT2D eigenvalue weighted by Gasteiger charge is 2.25. The number of alkyl carbamates (subject to hydrolysis) is 1. The van der Waals surface area contributed by atoms with Crippen molar-refractivity contribution in [1.29, 1.82) is 0 Å². The molecule has 2 unspecified atom stereocenters. The number of esters is 1. The summed E-state index contributed by atoms with van der Waals surface area (Å²) in [6, 6.07) is 21.8. The van der Waals surface area contributed by atoms with Crippen LogP contribution in [-0.4, -0.2) is 41.6 Å². The smallest absolute Gasteiger partial charge is 0.407 e. The summed E-state index contributed by atoms with van der Waals surface area (Å²) in [6.45, 7) is 7.32. The van der Waals surface area contributed by atoms with Gasteiger partial charge in [0, 0.05) is 25.4 Å². The van der Waals surface area contributed by atoms with Gasteiger partial charge in [-0.15, -0.1) is 0 Å². The van der Waals surface area contributed by atoms with Gasteiger partial charge in [-0.3, -0.25) is 14.4 Å². The number of amides is 3. The van der Waals surface area contributed by atoms with Gasteiger partial charge in [-0.05, 0) is 49.6 Å². The Kier molecular flexibility index (Phi) is 11.3. The van der Waals surface area contributed by atoms with Crippen LogP contribution in [0.4, 0.5) is 4.79 Å². The molecule has 3 amide bonds. The molecule has 41 heavy (non-hydrogen) atoms.